The van der Waals surface area contributed by atoms with Crippen molar-refractivity contribution >= 4 is 98.8 Å². The Hall–Kier alpha value is -7.75. The van der Waals surface area contributed by atoms with Crippen molar-refractivity contribution in [2.45, 2.75) is 50.1 Å². The van der Waals surface area contributed by atoms with Gasteiger partial charge in [0.05, 0.1) is 54.5 Å². The molecule has 3 aromatic carbocycles. The normalized spacial score (nSPS) is 15.7. The topological polar surface area (TPSA) is 249 Å². The molecule has 6 aromatic heterocycles. The van der Waals surface area contributed by atoms with Crippen LogP contribution in [-0.4, -0.2) is 107 Å². The van der Waals surface area contributed by atoms with Gasteiger partial charge in [-0.3, -0.25) is 9.59 Å². The fourth-order valence-electron chi connectivity index (χ4n) is 9.07. The second-order valence-corrected chi connectivity index (χ2v) is 21.1. The van der Waals surface area contributed by atoms with Crippen LogP contribution in [0.25, 0.3) is 44.3 Å². The molecule has 0 bridgehead atoms. The van der Waals surface area contributed by atoms with Crippen LogP contribution in [0.3, 0.4) is 0 Å². The molecule has 2 fully saturated rings. The standard InChI is InChI=1S/C29H26BrN7O3S.C23H22BrN7O.CH4/c30-24-16-33-29(34-20-7-6-14-36(17-20)28(38)25-13-12-19(31)15-32-25)35-27(24)23-18-37(26-11-5-4-10-22(23)26)41(39,40)21-8-2-1-3-9-21;24-18-12-28-23(30-21(18)17-11-27-19-6-2-1-5-16(17)19)29-15-4-3-9-31(13-15)22(32)20-8-7-14(25)10-26-20;/h1-5,8-13,15-16,18,20H,6-7,14,17,31H2,(H,33,34,35);1-2,5-8,10-12,15,27H,3-4,9,13,25H2,(H,28,29,30);1H4/t20-;15-;/m11./s1. The highest BCUT2D eigenvalue weighted by atomic mass is 79.9. The largest absolute Gasteiger partial charge is 0.397 e. The lowest BCUT2D eigenvalue weighted by Gasteiger charge is -2.33. The van der Waals surface area contributed by atoms with Crippen LogP contribution in [0, 0.1) is 0 Å². The number of hydrogen-bond donors (Lipinski definition) is 5. The summed E-state index contributed by atoms with van der Waals surface area (Å²) in [4.78, 5) is 59.7. The molecule has 9 aromatic rings. The maximum Gasteiger partial charge on any atom is 0.272 e. The molecule has 0 spiro atoms. The van der Waals surface area contributed by atoms with Crippen LogP contribution in [0.5, 0.6) is 0 Å². The highest BCUT2D eigenvalue weighted by Crippen LogP contribution is 2.37. The molecule has 7 N–H and O–H groups in total. The molecule has 378 valence electrons. The molecule has 18 nitrogen and oxygen atoms in total. The summed E-state index contributed by atoms with van der Waals surface area (Å²) in [6, 6.07) is 30.4. The zero-order valence-corrected chi connectivity index (χ0v) is 43.1. The second-order valence-electron chi connectivity index (χ2n) is 17.6. The molecule has 0 radical (unpaired) electrons. The number of nitrogen functional groups attached to an aromatic ring is 2. The molecule has 2 atom stereocenters. The highest BCUT2D eigenvalue weighted by molar-refractivity contribution is 9.11. The molecular formula is C53H52Br2N14O4S. The number of nitrogens with one attached hydrogen (secondary N) is 3. The van der Waals surface area contributed by atoms with Gasteiger partial charge in [-0.15, -0.1) is 0 Å². The number of likely N-dealkylation sites (tertiary alicyclic amines) is 2. The van der Waals surface area contributed by atoms with E-state index in [4.69, 9.17) is 21.4 Å². The Morgan fingerprint density at radius 2 is 1.14 bits per heavy atom. The van der Waals surface area contributed by atoms with Gasteiger partial charge in [0.15, 0.2) is 0 Å². The number of fused-ring (bicyclic) bond motifs is 2. The summed E-state index contributed by atoms with van der Waals surface area (Å²) < 4.78 is 29.9. The quantitative estimate of drug-likeness (QED) is 0.0856. The van der Waals surface area contributed by atoms with E-state index in [1.807, 2.05) is 41.4 Å². The van der Waals surface area contributed by atoms with Gasteiger partial charge >= 0.3 is 0 Å². The van der Waals surface area contributed by atoms with Gasteiger partial charge in [0.25, 0.3) is 21.8 Å². The molecule has 2 amide bonds. The van der Waals surface area contributed by atoms with Crippen LogP contribution in [-0.2, 0) is 10.0 Å². The van der Waals surface area contributed by atoms with E-state index in [0.717, 1.165) is 57.7 Å². The smallest absolute Gasteiger partial charge is 0.272 e. The fourth-order valence-corrected chi connectivity index (χ4v) is 11.3. The number of carbonyl (C=O) groups excluding carboxylic acids is 2. The molecular weight excluding hydrogens is 1090 g/mol. The fraction of sp³-hybridized carbons (Fsp3) is 0.208. The Morgan fingerprint density at radius 1 is 0.622 bits per heavy atom. The van der Waals surface area contributed by atoms with E-state index in [-0.39, 0.29) is 36.2 Å². The SMILES string of the molecule is C.Nc1ccc(C(=O)N2CCC[C@@H](Nc3ncc(Br)c(-c4c[nH]c5ccccc45)n3)C2)nc1.Nc1ccc(C(=O)N2CCC[C@@H](Nc3ncc(Br)c(-c4cn(S(=O)(=O)c5ccccc5)c5ccccc45)n3)C2)nc1. The van der Waals surface area contributed by atoms with Gasteiger partial charge in [-0.1, -0.05) is 62.0 Å². The van der Waals surface area contributed by atoms with Crippen molar-refractivity contribution in [1.29, 1.82) is 0 Å². The van der Waals surface area contributed by atoms with E-state index in [9.17, 15) is 18.0 Å². The number of halogens is 2. The number of hydrogen-bond acceptors (Lipinski definition) is 14. The number of nitrogens with zero attached hydrogens (tertiary/aromatic N) is 9. The maximum atomic E-state index is 13.6. The Kier molecular flexibility index (Phi) is 15.3. The third kappa shape index (κ3) is 10.9. The highest BCUT2D eigenvalue weighted by Gasteiger charge is 2.29. The number of rotatable bonds is 10. The summed E-state index contributed by atoms with van der Waals surface area (Å²) in [6.07, 6.45) is 13.4. The minimum Gasteiger partial charge on any atom is -0.397 e. The van der Waals surface area contributed by atoms with Gasteiger partial charge in [-0.05, 0) is 106 Å². The number of benzene rings is 3. The van der Waals surface area contributed by atoms with Crippen LogP contribution < -0.4 is 22.1 Å². The van der Waals surface area contributed by atoms with Crippen molar-refractivity contribution in [3.8, 4) is 22.5 Å². The molecule has 2 aliphatic rings. The summed E-state index contributed by atoms with van der Waals surface area (Å²) in [5, 5.41) is 8.63. The third-order valence-corrected chi connectivity index (χ3v) is 15.5. The van der Waals surface area contributed by atoms with Crippen LogP contribution >= 0.6 is 31.9 Å². The molecule has 2 saturated heterocycles. The summed E-state index contributed by atoms with van der Waals surface area (Å²) in [5.41, 5.74) is 17.8. The number of aromatic amines is 1. The minimum atomic E-state index is -3.85. The molecule has 0 saturated carbocycles. The van der Waals surface area contributed by atoms with Gasteiger partial charge in [-0.2, -0.15) is 0 Å². The lowest BCUT2D eigenvalue weighted by Crippen LogP contribution is -2.45. The first-order chi connectivity index (χ1) is 35.4. The van der Waals surface area contributed by atoms with Crippen LogP contribution in [0.4, 0.5) is 23.3 Å². The third-order valence-electron chi connectivity index (χ3n) is 12.7. The van der Waals surface area contributed by atoms with E-state index in [1.54, 1.807) is 90.2 Å². The molecule has 11 rings (SSSR count). The molecule has 8 heterocycles. The Bertz CT molecular complexity index is 3580. The van der Waals surface area contributed by atoms with E-state index < -0.39 is 10.0 Å². The molecule has 2 aliphatic heterocycles. The second kappa shape index (κ2) is 22.2. The number of amides is 2. The molecule has 74 heavy (non-hydrogen) atoms. The van der Waals surface area contributed by atoms with Crippen molar-refractivity contribution in [2.75, 3.05) is 48.3 Å². The van der Waals surface area contributed by atoms with Crippen LogP contribution in [0.15, 0.2) is 154 Å². The summed E-state index contributed by atoms with van der Waals surface area (Å²) in [5.74, 6) is 0.684. The number of para-hydroxylation sites is 2. The van der Waals surface area contributed by atoms with Gasteiger partial charge in [0, 0.05) is 90.5 Å². The molecule has 21 heteroatoms. The Morgan fingerprint density at radius 3 is 1.69 bits per heavy atom. The number of aromatic nitrogens is 8. The van der Waals surface area contributed by atoms with Gasteiger partial charge in [0.1, 0.15) is 11.4 Å². The lowest BCUT2D eigenvalue weighted by molar-refractivity contribution is 0.0702. The molecule has 0 aliphatic carbocycles. The average Bonchev–Trinajstić information content (AvgIpc) is 4.03. The van der Waals surface area contributed by atoms with E-state index in [1.165, 1.54) is 16.4 Å². The zero-order valence-electron chi connectivity index (χ0n) is 39.1. The van der Waals surface area contributed by atoms with Crippen LogP contribution in [0.2, 0.25) is 0 Å². The predicted octanol–water partition coefficient (Wildman–Crippen LogP) is 9.51. The number of anilines is 4. The van der Waals surface area contributed by atoms with Gasteiger partial charge < -0.3 is 36.9 Å². The Balaban J connectivity index is 0.000000185. The summed E-state index contributed by atoms with van der Waals surface area (Å²) in [7, 11) is -3.85. The minimum absolute atomic E-state index is 0. The number of piperidine rings is 2. The summed E-state index contributed by atoms with van der Waals surface area (Å²) in [6.45, 7) is 2.36. The van der Waals surface area contributed by atoms with E-state index in [0.29, 0.717) is 82.1 Å². The van der Waals surface area contributed by atoms with E-state index >= 15 is 0 Å². The number of H-pyrrole nitrogens is 1. The van der Waals surface area contributed by atoms with Gasteiger partial charge in [0.2, 0.25) is 11.9 Å². The first kappa shape index (κ1) is 51.2. The maximum absolute atomic E-state index is 13.6. The monoisotopic (exact) mass is 1140 g/mol. The average molecular weight is 1140 g/mol. The number of pyridine rings is 2. The first-order valence-corrected chi connectivity index (χ1v) is 26.5. The van der Waals surface area contributed by atoms with E-state index in [2.05, 4.69) is 73.5 Å². The molecule has 0 unspecified atom stereocenters. The van der Waals surface area contributed by atoms with Crippen molar-refractivity contribution in [3.63, 3.8) is 0 Å². The van der Waals surface area contributed by atoms with Gasteiger partial charge in [-0.25, -0.2) is 42.3 Å². The Labute approximate surface area is 444 Å². The van der Waals surface area contributed by atoms with Crippen molar-refractivity contribution in [1.82, 2.24) is 48.7 Å². The summed E-state index contributed by atoms with van der Waals surface area (Å²) >= 11 is 7.15. The van der Waals surface area contributed by atoms with Crippen LogP contribution in [0.1, 0.15) is 54.1 Å². The predicted molar refractivity (Wildman–Crippen MR) is 296 cm³/mol. The van der Waals surface area contributed by atoms with Crippen molar-refractivity contribution in [2.24, 2.45) is 0 Å². The zero-order chi connectivity index (χ0) is 50.6. The number of nitrogens with two attached hydrogens (primary N) is 2. The number of carbonyl (C=O) groups is 2. The van der Waals surface area contributed by atoms with Crippen molar-refractivity contribution < 1.29 is 18.0 Å². The van der Waals surface area contributed by atoms with Crippen molar-refractivity contribution in [3.05, 3.63) is 161 Å². The lowest BCUT2D eigenvalue weighted by atomic mass is 10.1. The first-order valence-electron chi connectivity index (χ1n) is 23.5.